The van der Waals surface area contributed by atoms with Gasteiger partial charge in [0.25, 0.3) is 0 Å². The summed E-state index contributed by atoms with van der Waals surface area (Å²) in [5, 5.41) is 11.9. The molecule has 1 aromatic carbocycles. The summed E-state index contributed by atoms with van der Waals surface area (Å²) in [6, 6.07) is 7.13. The zero-order chi connectivity index (χ0) is 16.0. The van der Waals surface area contributed by atoms with Crippen molar-refractivity contribution >= 4 is 17.6 Å². The van der Waals surface area contributed by atoms with Gasteiger partial charge in [-0.3, -0.25) is 9.59 Å². The van der Waals surface area contributed by atoms with Crippen LogP contribution in [0.3, 0.4) is 0 Å². The molecule has 1 atom stereocenters. The van der Waals surface area contributed by atoms with Crippen LogP contribution in [0.5, 0.6) is 0 Å². The molecule has 1 amide bonds. The summed E-state index contributed by atoms with van der Waals surface area (Å²) >= 11 is 0. The van der Waals surface area contributed by atoms with Crippen molar-refractivity contribution in [2.24, 2.45) is 5.92 Å². The highest BCUT2D eigenvalue weighted by atomic mass is 16.4. The average molecular weight is 292 g/mol. The Bertz CT molecular complexity index is 495. The van der Waals surface area contributed by atoms with Crippen LogP contribution in [0.1, 0.15) is 39.2 Å². The van der Waals surface area contributed by atoms with E-state index < -0.39 is 17.3 Å². The Kier molecular flexibility index (Phi) is 5.76. The highest BCUT2D eigenvalue weighted by molar-refractivity contribution is 5.87. The van der Waals surface area contributed by atoms with E-state index in [-0.39, 0.29) is 12.5 Å². The maximum atomic E-state index is 12.3. The molecule has 0 aromatic heterocycles. The number of anilines is 1. The highest BCUT2D eigenvalue weighted by Gasteiger charge is 2.30. The normalized spacial score (nSPS) is 12.7. The van der Waals surface area contributed by atoms with Crippen LogP contribution in [-0.2, 0) is 15.0 Å². The van der Waals surface area contributed by atoms with Crippen LogP contribution in [0.2, 0.25) is 0 Å². The van der Waals surface area contributed by atoms with E-state index in [0.29, 0.717) is 12.1 Å². The number of hydrogen-bond acceptors (Lipinski definition) is 3. The zero-order valence-corrected chi connectivity index (χ0v) is 12.8. The number of carboxylic acid groups (broad SMARTS) is 1. The second kappa shape index (κ2) is 7.11. The zero-order valence-electron chi connectivity index (χ0n) is 12.8. The first-order chi connectivity index (χ1) is 9.78. The number of benzene rings is 1. The van der Waals surface area contributed by atoms with Gasteiger partial charge in [-0.05, 0) is 38.0 Å². The van der Waals surface area contributed by atoms with E-state index in [1.165, 1.54) is 0 Å². The number of carbonyl (C=O) groups is 2. The molecule has 0 bridgehead atoms. The molecule has 0 radical (unpaired) electrons. The summed E-state index contributed by atoms with van der Waals surface area (Å²) < 4.78 is 0. The molecule has 21 heavy (non-hydrogen) atoms. The van der Waals surface area contributed by atoms with Gasteiger partial charge in [0.15, 0.2) is 0 Å². The fraction of sp³-hybridized carbons (Fsp3) is 0.500. The molecular formula is C16H24N2O3. The number of rotatable bonds is 7. The summed E-state index contributed by atoms with van der Waals surface area (Å²) in [4.78, 5) is 23.4. The van der Waals surface area contributed by atoms with Gasteiger partial charge in [-0.15, -0.1) is 0 Å². The number of nitrogen functional groups attached to an aromatic ring is 1. The fourth-order valence-corrected chi connectivity index (χ4v) is 2.13. The van der Waals surface area contributed by atoms with Crippen molar-refractivity contribution in [2.45, 2.75) is 39.0 Å². The number of amides is 1. The molecule has 0 aliphatic rings. The van der Waals surface area contributed by atoms with Crippen molar-refractivity contribution in [1.29, 1.82) is 0 Å². The molecule has 0 aliphatic heterocycles. The van der Waals surface area contributed by atoms with E-state index in [2.05, 4.69) is 5.32 Å². The van der Waals surface area contributed by atoms with E-state index in [9.17, 15) is 9.59 Å². The Morgan fingerprint density at radius 1 is 1.29 bits per heavy atom. The van der Waals surface area contributed by atoms with E-state index in [1.54, 1.807) is 12.1 Å². The van der Waals surface area contributed by atoms with Gasteiger partial charge in [-0.2, -0.15) is 0 Å². The summed E-state index contributed by atoms with van der Waals surface area (Å²) in [6.45, 7) is 5.70. The van der Waals surface area contributed by atoms with Crippen LogP contribution >= 0.6 is 0 Å². The minimum atomic E-state index is -0.873. The molecule has 0 spiro atoms. The molecule has 0 saturated carbocycles. The molecule has 5 heteroatoms. The third-order valence-electron chi connectivity index (χ3n) is 3.70. The van der Waals surface area contributed by atoms with Crippen molar-refractivity contribution in [3.8, 4) is 0 Å². The molecular weight excluding hydrogens is 268 g/mol. The quantitative estimate of drug-likeness (QED) is 0.671. The van der Waals surface area contributed by atoms with Crippen LogP contribution in [-0.4, -0.2) is 23.5 Å². The van der Waals surface area contributed by atoms with Crippen molar-refractivity contribution in [3.05, 3.63) is 29.8 Å². The summed E-state index contributed by atoms with van der Waals surface area (Å²) in [6.07, 6.45) is 1.33. The van der Waals surface area contributed by atoms with Gasteiger partial charge in [0.05, 0.1) is 11.3 Å². The first-order valence-electron chi connectivity index (χ1n) is 7.16. The molecule has 0 fully saturated rings. The molecule has 1 unspecified atom stereocenters. The predicted molar refractivity (Wildman–Crippen MR) is 82.9 cm³/mol. The van der Waals surface area contributed by atoms with Gasteiger partial charge in [0, 0.05) is 12.2 Å². The Hall–Kier alpha value is -2.04. The standard InChI is InChI=1S/C16H24N2O3/c1-4-5-11(14(19)20)10-18-15(21)16(2,3)12-6-8-13(17)9-7-12/h6-9,11H,4-5,10,17H2,1-3H3,(H,18,21)(H,19,20). The van der Waals surface area contributed by atoms with Gasteiger partial charge in [-0.25, -0.2) is 0 Å². The lowest BCUT2D eigenvalue weighted by Crippen LogP contribution is -2.43. The fourth-order valence-electron chi connectivity index (χ4n) is 2.13. The minimum Gasteiger partial charge on any atom is -0.481 e. The molecule has 1 aromatic rings. The number of nitrogens with two attached hydrogens (primary N) is 1. The van der Waals surface area contributed by atoms with Crippen LogP contribution in [0, 0.1) is 5.92 Å². The Morgan fingerprint density at radius 3 is 2.33 bits per heavy atom. The van der Waals surface area contributed by atoms with E-state index in [4.69, 9.17) is 10.8 Å². The smallest absolute Gasteiger partial charge is 0.308 e. The first-order valence-corrected chi connectivity index (χ1v) is 7.16. The van der Waals surface area contributed by atoms with Gasteiger partial charge >= 0.3 is 5.97 Å². The molecule has 1 rings (SSSR count). The summed E-state index contributed by atoms with van der Waals surface area (Å²) in [5.41, 5.74) is 6.40. The summed E-state index contributed by atoms with van der Waals surface area (Å²) in [5.74, 6) is -1.60. The first kappa shape index (κ1) is 17.0. The number of carbonyl (C=O) groups excluding carboxylic acids is 1. The average Bonchev–Trinajstić information content (AvgIpc) is 2.43. The lowest BCUT2D eigenvalue weighted by Gasteiger charge is -2.25. The maximum Gasteiger partial charge on any atom is 0.308 e. The predicted octanol–water partition coefficient (Wildman–Crippen LogP) is 2.16. The van der Waals surface area contributed by atoms with Crippen LogP contribution in [0.15, 0.2) is 24.3 Å². The Labute approximate surface area is 125 Å². The van der Waals surface area contributed by atoms with Gasteiger partial charge in [0.1, 0.15) is 0 Å². The lowest BCUT2D eigenvalue weighted by molar-refractivity contribution is -0.142. The lowest BCUT2D eigenvalue weighted by atomic mass is 9.83. The van der Waals surface area contributed by atoms with Crippen molar-refractivity contribution in [3.63, 3.8) is 0 Å². The van der Waals surface area contributed by atoms with Crippen LogP contribution in [0.4, 0.5) is 5.69 Å². The topological polar surface area (TPSA) is 92.4 Å². The monoisotopic (exact) mass is 292 g/mol. The molecule has 4 N–H and O–H groups in total. The highest BCUT2D eigenvalue weighted by Crippen LogP contribution is 2.24. The third-order valence-corrected chi connectivity index (χ3v) is 3.70. The van der Waals surface area contributed by atoms with Gasteiger partial charge < -0.3 is 16.2 Å². The Balaban J connectivity index is 2.73. The van der Waals surface area contributed by atoms with Gasteiger partial charge in [-0.1, -0.05) is 25.5 Å². The third kappa shape index (κ3) is 4.48. The van der Waals surface area contributed by atoms with Crippen molar-refractivity contribution in [2.75, 3.05) is 12.3 Å². The number of nitrogens with one attached hydrogen (secondary N) is 1. The van der Waals surface area contributed by atoms with Crippen molar-refractivity contribution in [1.82, 2.24) is 5.32 Å². The second-order valence-corrected chi connectivity index (χ2v) is 5.78. The summed E-state index contributed by atoms with van der Waals surface area (Å²) in [7, 11) is 0. The number of carboxylic acids is 1. The molecule has 0 aliphatic carbocycles. The largest absolute Gasteiger partial charge is 0.481 e. The van der Waals surface area contributed by atoms with E-state index >= 15 is 0 Å². The molecule has 0 saturated heterocycles. The van der Waals surface area contributed by atoms with Crippen LogP contribution in [0.25, 0.3) is 0 Å². The molecule has 0 heterocycles. The number of aliphatic carboxylic acids is 1. The Morgan fingerprint density at radius 2 is 1.86 bits per heavy atom. The molecule has 116 valence electrons. The SMILES string of the molecule is CCCC(CNC(=O)C(C)(C)c1ccc(N)cc1)C(=O)O. The molecule has 5 nitrogen and oxygen atoms in total. The minimum absolute atomic E-state index is 0.153. The maximum absolute atomic E-state index is 12.3. The van der Waals surface area contributed by atoms with E-state index in [1.807, 2.05) is 32.9 Å². The van der Waals surface area contributed by atoms with Crippen LogP contribution < -0.4 is 11.1 Å². The van der Waals surface area contributed by atoms with Gasteiger partial charge in [0.2, 0.25) is 5.91 Å². The van der Waals surface area contributed by atoms with Crippen molar-refractivity contribution < 1.29 is 14.7 Å². The second-order valence-electron chi connectivity index (χ2n) is 5.78. The number of hydrogen-bond donors (Lipinski definition) is 3. The van der Waals surface area contributed by atoms with E-state index in [0.717, 1.165) is 12.0 Å².